The van der Waals surface area contributed by atoms with E-state index in [2.05, 4.69) is 36.6 Å². The molecule has 1 unspecified atom stereocenters. The Kier molecular flexibility index (Phi) is 11.1. The molecule has 0 aliphatic heterocycles. The van der Waals surface area contributed by atoms with E-state index < -0.39 is 6.73 Å². The first-order chi connectivity index (χ1) is 5.83. The highest BCUT2D eigenvalue weighted by molar-refractivity contribution is 9.37. The normalized spacial score (nSPS) is 11.7. The first-order valence-electron chi connectivity index (χ1n) is 4.00. The van der Waals surface area contributed by atoms with Crippen molar-refractivity contribution in [1.29, 1.82) is 0 Å². The zero-order chi connectivity index (χ0) is 10.9. The van der Waals surface area contributed by atoms with Gasteiger partial charge in [0.1, 0.15) is 6.54 Å². The monoisotopic (exact) mass is 275 g/mol. The molecule has 1 atom stereocenters. The summed E-state index contributed by atoms with van der Waals surface area (Å²) in [7, 11) is 6.18. The SMILES string of the molecule is CCO.C[N+](C)(C)CCO[P+](=O)Br. The van der Waals surface area contributed by atoms with Crippen LogP contribution in [0.3, 0.4) is 0 Å². The Morgan fingerprint density at radius 2 is 1.85 bits per heavy atom. The van der Waals surface area contributed by atoms with Crippen LogP contribution in [0.25, 0.3) is 0 Å². The van der Waals surface area contributed by atoms with Gasteiger partial charge >= 0.3 is 22.2 Å². The summed E-state index contributed by atoms with van der Waals surface area (Å²) in [6.07, 6.45) is 0. The molecule has 80 valence electrons. The smallest absolute Gasteiger partial charge is 0.397 e. The van der Waals surface area contributed by atoms with Crippen LogP contribution >= 0.6 is 22.2 Å². The highest BCUT2D eigenvalue weighted by Crippen LogP contribution is 2.30. The summed E-state index contributed by atoms with van der Waals surface area (Å²) in [6.45, 7) is 1.73. The molecule has 0 bridgehead atoms. The highest BCUT2D eigenvalue weighted by atomic mass is 79.9. The van der Waals surface area contributed by atoms with E-state index in [9.17, 15) is 4.57 Å². The summed E-state index contributed by atoms with van der Waals surface area (Å²) in [5.74, 6) is 0. The average molecular weight is 276 g/mol. The van der Waals surface area contributed by atoms with Crippen LogP contribution in [-0.2, 0) is 9.09 Å². The summed E-state index contributed by atoms with van der Waals surface area (Å²) in [6, 6.07) is 0. The predicted molar refractivity (Wildman–Crippen MR) is 58.1 cm³/mol. The van der Waals surface area contributed by atoms with E-state index >= 15 is 0 Å². The molecule has 0 amide bonds. The average Bonchev–Trinajstić information content (AvgIpc) is 1.84. The van der Waals surface area contributed by atoms with Gasteiger partial charge in [0.05, 0.1) is 21.1 Å². The number of hydrogen-bond acceptors (Lipinski definition) is 3. The molecule has 0 heterocycles. The van der Waals surface area contributed by atoms with Crippen molar-refractivity contribution in [2.45, 2.75) is 6.92 Å². The fourth-order valence-corrected chi connectivity index (χ4v) is 1.05. The summed E-state index contributed by atoms with van der Waals surface area (Å²) in [4.78, 5) is 0. The Balaban J connectivity index is 0. The second-order valence-electron chi connectivity index (χ2n) is 3.38. The zero-order valence-electron chi connectivity index (χ0n) is 8.66. The molecule has 0 aliphatic rings. The van der Waals surface area contributed by atoms with E-state index in [1.807, 2.05) is 0 Å². The van der Waals surface area contributed by atoms with Gasteiger partial charge in [-0.1, -0.05) is 0 Å². The van der Waals surface area contributed by atoms with Crippen molar-refractivity contribution >= 4 is 22.2 Å². The molecule has 0 saturated carbocycles. The van der Waals surface area contributed by atoms with Crippen LogP contribution in [0.2, 0.25) is 0 Å². The van der Waals surface area contributed by atoms with E-state index in [1.165, 1.54) is 0 Å². The Morgan fingerprint density at radius 1 is 1.46 bits per heavy atom. The van der Waals surface area contributed by atoms with Gasteiger partial charge in [0.2, 0.25) is 0 Å². The maximum atomic E-state index is 10.4. The number of aliphatic hydroxyl groups is 1. The van der Waals surface area contributed by atoms with Gasteiger partial charge in [-0.15, -0.1) is 4.52 Å². The van der Waals surface area contributed by atoms with Crippen LogP contribution in [0.4, 0.5) is 0 Å². The Bertz CT molecular complexity index is 138. The van der Waals surface area contributed by atoms with Crippen molar-refractivity contribution < 1.29 is 18.7 Å². The maximum absolute atomic E-state index is 10.4. The molecule has 0 saturated heterocycles. The minimum absolute atomic E-state index is 0.250. The van der Waals surface area contributed by atoms with Crippen molar-refractivity contribution in [3.05, 3.63) is 0 Å². The molecular formula is C7H19BrNO3P+2. The molecule has 0 spiro atoms. The molecule has 6 heteroatoms. The number of likely N-dealkylation sites (N-methyl/N-ethyl adjacent to an activating group) is 1. The van der Waals surface area contributed by atoms with Crippen LogP contribution in [0.5, 0.6) is 0 Å². The lowest BCUT2D eigenvalue weighted by atomic mass is 10.5. The van der Waals surface area contributed by atoms with Gasteiger partial charge in [0, 0.05) is 6.61 Å². The second-order valence-corrected chi connectivity index (χ2v) is 5.80. The van der Waals surface area contributed by atoms with Crippen LogP contribution in [-0.4, -0.2) is 50.5 Å². The van der Waals surface area contributed by atoms with Crippen molar-refractivity contribution in [2.24, 2.45) is 0 Å². The molecule has 0 aromatic carbocycles. The minimum atomic E-state index is -1.60. The van der Waals surface area contributed by atoms with Gasteiger partial charge in [-0.2, -0.15) is 0 Å². The first kappa shape index (κ1) is 15.9. The van der Waals surface area contributed by atoms with E-state index in [-0.39, 0.29) is 6.61 Å². The lowest BCUT2D eigenvalue weighted by molar-refractivity contribution is -0.870. The van der Waals surface area contributed by atoms with E-state index in [1.54, 1.807) is 6.92 Å². The van der Waals surface area contributed by atoms with Crippen molar-refractivity contribution in [2.75, 3.05) is 40.9 Å². The fraction of sp³-hybridized carbons (Fsp3) is 1.00. The zero-order valence-corrected chi connectivity index (χ0v) is 11.1. The second kappa shape index (κ2) is 9.03. The van der Waals surface area contributed by atoms with Crippen LogP contribution < -0.4 is 0 Å². The number of aliphatic hydroxyl groups excluding tert-OH is 1. The lowest BCUT2D eigenvalue weighted by Crippen LogP contribution is -2.37. The van der Waals surface area contributed by atoms with Gasteiger partial charge in [-0.05, 0) is 11.5 Å². The quantitative estimate of drug-likeness (QED) is 0.628. The molecule has 13 heavy (non-hydrogen) atoms. The number of hydrogen-bond donors (Lipinski definition) is 1. The molecule has 4 nitrogen and oxygen atoms in total. The Labute approximate surface area is 89.1 Å². The summed E-state index contributed by atoms with van der Waals surface area (Å²) >= 11 is 2.82. The van der Waals surface area contributed by atoms with Gasteiger partial charge in [0.25, 0.3) is 0 Å². The number of quaternary nitrogens is 1. The molecule has 0 aromatic rings. The van der Waals surface area contributed by atoms with Gasteiger partial charge < -0.3 is 9.59 Å². The molecule has 0 fully saturated rings. The standard InChI is InChI=1S/C5H13BrNO2P.C2H6O/c1-7(2,3)4-5-9-10(6)8;1-2-3/h4-5H2,1-3H3;3H,2H2,1H3/q+2;. The third-order valence-electron chi connectivity index (χ3n) is 0.955. The number of halogens is 1. The number of rotatable bonds is 4. The van der Waals surface area contributed by atoms with Crippen molar-refractivity contribution in [3.63, 3.8) is 0 Å². The minimum Gasteiger partial charge on any atom is -0.397 e. The third kappa shape index (κ3) is 24.5. The Morgan fingerprint density at radius 3 is 2.08 bits per heavy atom. The largest absolute Gasteiger partial charge is 0.590 e. The Hall–Kier alpha value is 0.460. The summed E-state index contributed by atoms with van der Waals surface area (Å²) in [5, 5.41) is 7.57. The number of nitrogens with zero attached hydrogens (tertiary/aromatic N) is 1. The summed E-state index contributed by atoms with van der Waals surface area (Å²) in [5.41, 5.74) is 0. The molecular weight excluding hydrogens is 257 g/mol. The van der Waals surface area contributed by atoms with E-state index in [0.29, 0.717) is 6.61 Å². The van der Waals surface area contributed by atoms with E-state index in [0.717, 1.165) is 11.0 Å². The lowest BCUT2D eigenvalue weighted by Gasteiger charge is -2.21. The van der Waals surface area contributed by atoms with Gasteiger partial charge in [-0.25, -0.2) is 0 Å². The van der Waals surface area contributed by atoms with Gasteiger partial charge in [0.15, 0.2) is 6.61 Å². The van der Waals surface area contributed by atoms with Crippen LogP contribution in [0.15, 0.2) is 0 Å². The van der Waals surface area contributed by atoms with Crippen molar-refractivity contribution in [1.82, 2.24) is 0 Å². The third-order valence-corrected chi connectivity index (χ3v) is 1.95. The van der Waals surface area contributed by atoms with E-state index in [4.69, 9.17) is 9.63 Å². The van der Waals surface area contributed by atoms with Gasteiger partial charge in [-0.3, -0.25) is 0 Å². The molecule has 0 radical (unpaired) electrons. The predicted octanol–water partition coefficient (Wildman–Crippen LogP) is 1.76. The highest BCUT2D eigenvalue weighted by Gasteiger charge is 2.14. The van der Waals surface area contributed by atoms with Crippen LogP contribution in [0.1, 0.15) is 6.92 Å². The van der Waals surface area contributed by atoms with Crippen molar-refractivity contribution in [3.8, 4) is 0 Å². The first-order valence-corrected chi connectivity index (χ1v) is 7.20. The fourth-order valence-electron chi connectivity index (χ4n) is 0.386. The maximum Gasteiger partial charge on any atom is 0.590 e. The molecule has 0 rings (SSSR count). The molecule has 0 aliphatic carbocycles. The topological polar surface area (TPSA) is 46.5 Å². The molecule has 0 aromatic heterocycles. The summed E-state index contributed by atoms with van der Waals surface area (Å²) < 4.78 is 16.0. The molecule has 1 N–H and O–H groups in total. The van der Waals surface area contributed by atoms with Crippen LogP contribution in [0, 0.1) is 0 Å².